The molecule has 3 aromatic rings. The van der Waals surface area contributed by atoms with Gasteiger partial charge in [-0.3, -0.25) is 39.5 Å². The van der Waals surface area contributed by atoms with Crippen LogP contribution in [0.1, 0.15) is 22.8 Å². The number of ether oxygens (including phenoxy) is 3. The Bertz CT molecular complexity index is 1780. The van der Waals surface area contributed by atoms with Crippen LogP contribution in [0.2, 0.25) is 5.02 Å². The first kappa shape index (κ1) is 32.4. The van der Waals surface area contributed by atoms with Crippen molar-refractivity contribution in [2.24, 2.45) is 0 Å². The Labute approximate surface area is 263 Å². The number of carbonyl (C=O) groups excluding carboxylic acids is 4. The summed E-state index contributed by atoms with van der Waals surface area (Å²) in [6.07, 6.45) is 1.39. The van der Waals surface area contributed by atoms with Crippen molar-refractivity contribution < 1.29 is 43.2 Å². The number of halogens is 1. The van der Waals surface area contributed by atoms with Crippen LogP contribution in [-0.2, 0) is 14.3 Å². The summed E-state index contributed by atoms with van der Waals surface area (Å²) in [7, 11) is 1.17. The molecule has 4 rings (SSSR count). The van der Waals surface area contributed by atoms with Crippen LogP contribution in [0.15, 0.2) is 59.5 Å². The topological polar surface area (TPSA) is 198 Å². The first-order valence-electron chi connectivity index (χ1n) is 12.7. The highest BCUT2D eigenvalue weighted by atomic mass is 35.5. The van der Waals surface area contributed by atoms with E-state index in [1.807, 2.05) is 0 Å². The van der Waals surface area contributed by atoms with Crippen molar-refractivity contribution in [3.8, 4) is 17.2 Å². The number of nitro groups is 2. The van der Waals surface area contributed by atoms with E-state index >= 15 is 0 Å². The highest BCUT2D eigenvalue weighted by Crippen LogP contribution is 2.40. The van der Waals surface area contributed by atoms with Crippen LogP contribution < -0.4 is 14.8 Å². The maximum absolute atomic E-state index is 13.0. The normalized spacial score (nSPS) is 13.5. The van der Waals surface area contributed by atoms with Crippen LogP contribution in [-0.4, -0.2) is 58.0 Å². The number of esters is 1. The Hall–Kier alpha value is -5.48. The molecule has 0 aliphatic carbocycles. The van der Waals surface area contributed by atoms with Gasteiger partial charge in [-0.25, -0.2) is 4.79 Å². The summed E-state index contributed by atoms with van der Waals surface area (Å²) < 4.78 is 15.9. The number of hydrogen-bond donors (Lipinski definition) is 1. The number of thioether (sulfide) groups is 1. The molecule has 232 valence electrons. The fourth-order valence-corrected chi connectivity index (χ4v) is 4.97. The zero-order valence-electron chi connectivity index (χ0n) is 23.3. The smallest absolute Gasteiger partial charge is 0.339 e. The van der Waals surface area contributed by atoms with Gasteiger partial charge in [0.25, 0.3) is 16.8 Å². The summed E-state index contributed by atoms with van der Waals surface area (Å²) in [5.41, 5.74) is -0.514. The van der Waals surface area contributed by atoms with E-state index in [0.717, 1.165) is 23.1 Å². The summed E-state index contributed by atoms with van der Waals surface area (Å²) in [5, 5.41) is 24.5. The predicted octanol–water partition coefficient (Wildman–Crippen LogP) is 5.81. The van der Waals surface area contributed by atoms with Crippen molar-refractivity contribution in [3.05, 3.63) is 95.9 Å². The number of methoxy groups -OCH3 is 1. The maximum Gasteiger partial charge on any atom is 0.339 e. The lowest BCUT2D eigenvalue weighted by Gasteiger charge is -2.13. The van der Waals surface area contributed by atoms with Crippen molar-refractivity contribution in [2.75, 3.05) is 25.6 Å². The van der Waals surface area contributed by atoms with Gasteiger partial charge in [0.2, 0.25) is 11.7 Å². The number of hydrogen-bond acceptors (Lipinski definition) is 12. The van der Waals surface area contributed by atoms with Crippen LogP contribution in [0.25, 0.3) is 6.08 Å². The second-order valence-electron chi connectivity index (χ2n) is 8.91. The highest BCUT2D eigenvalue weighted by molar-refractivity contribution is 8.18. The van der Waals surface area contributed by atoms with E-state index in [9.17, 15) is 39.4 Å². The molecule has 0 aromatic heterocycles. The number of rotatable bonds is 11. The fourth-order valence-electron chi connectivity index (χ4n) is 3.94. The van der Waals surface area contributed by atoms with Crippen LogP contribution in [0.3, 0.4) is 0 Å². The standard InChI is InChI=1S/C28H21ClN4O11S/c1-3-43-23-10-15(4-8-22(23)44-21-9-6-17(32(38)39)13-20(21)33(40)41)11-24-26(35)31(28(37)45-24)14-25(34)30-16-5-7-19(29)18(12-16)27(36)42-2/h4-13H,3,14H2,1-2H3,(H,30,34)/b24-11+. The predicted molar refractivity (Wildman–Crippen MR) is 162 cm³/mol. The molecule has 0 radical (unpaired) electrons. The number of benzene rings is 3. The lowest BCUT2D eigenvalue weighted by Crippen LogP contribution is -2.36. The number of nitrogens with zero attached hydrogens (tertiary/aromatic N) is 3. The van der Waals surface area contributed by atoms with Crippen LogP contribution in [0.5, 0.6) is 17.2 Å². The van der Waals surface area contributed by atoms with Crippen LogP contribution in [0.4, 0.5) is 21.9 Å². The molecule has 1 heterocycles. The molecule has 17 heteroatoms. The van der Waals surface area contributed by atoms with Gasteiger partial charge in [0.1, 0.15) is 6.54 Å². The molecule has 1 aliphatic rings. The summed E-state index contributed by atoms with van der Waals surface area (Å²) in [4.78, 5) is 71.8. The minimum absolute atomic E-state index is 0.00870. The third-order valence-electron chi connectivity index (χ3n) is 5.97. The number of imide groups is 1. The Morgan fingerprint density at radius 1 is 1.00 bits per heavy atom. The highest BCUT2D eigenvalue weighted by Gasteiger charge is 2.36. The Morgan fingerprint density at radius 2 is 1.73 bits per heavy atom. The molecule has 3 amide bonds. The second kappa shape index (κ2) is 13.9. The van der Waals surface area contributed by atoms with Gasteiger partial charge in [-0.15, -0.1) is 0 Å². The summed E-state index contributed by atoms with van der Waals surface area (Å²) in [5.74, 6) is -2.24. The van der Waals surface area contributed by atoms with E-state index in [-0.39, 0.29) is 45.0 Å². The zero-order valence-corrected chi connectivity index (χ0v) is 24.9. The molecule has 0 unspecified atom stereocenters. The average Bonchev–Trinajstić information content (AvgIpc) is 3.26. The van der Waals surface area contributed by atoms with Gasteiger partial charge in [0.15, 0.2) is 11.5 Å². The van der Waals surface area contributed by atoms with Gasteiger partial charge in [0, 0.05) is 11.8 Å². The summed E-state index contributed by atoms with van der Waals surface area (Å²) >= 11 is 6.60. The average molecular weight is 657 g/mol. The number of anilines is 1. The van der Waals surface area contributed by atoms with Gasteiger partial charge < -0.3 is 19.5 Å². The van der Waals surface area contributed by atoms with E-state index in [1.165, 1.54) is 49.6 Å². The van der Waals surface area contributed by atoms with E-state index in [1.54, 1.807) is 6.92 Å². The largest absolute Gasteiger partial charge is 0.490 e. The molecule has 1 N–H and O–H groups in total. The molecule has 45 heavy (non-hydrogen) atoms. The Morgan fingerprint density at radius 3 is 2.40 bits per heavy atom. The number of non-ortho nitro benzene ring substituents is 1. The van der Waals surface area contributed by atoms with E-state index < -0.39 is 50.8 Å². The number of nitro benzene ring substituents is 2. The lowest BCUT2D eigenvalue weighted by molar-refractivity contribution is -0.394. The first-order valence-corrected chi connectivity index (χ1v) is 13.9. The number of carbonyl (C=O) groups is 4. The second-order valence-corrected chi connectivity index (χ2v) is 10.3. The van der Waals surface area contributed by atoms with Gasteiger partial charge in [0.05, 0.1) is 45.1 Å². The molecule has 0 atom stereocenters. The van der Waals surface area contributed by atoms with E-state index in [4.69, 9.17) is 21.1 Å². The first-order chi connectivity index (χ1) is 21.4. The molecule has 15 nitrogen and oxygen atoms in total. The minimum Gasteiger partial charge on any atom is -0.490 e. The van der Waals surface area contributed by atoms with Gasteiger partial charge in [-0.1, -0.05) is 17.7 Å². The van der Waals surface area contributed by atoms with Gasteiger partial charge >= 0.3 is 11.7 Å². The SMILES string of the molecule is CCOc1cc(/C=C2/SC(=O)N(CC(=O)Nc3ccc(Cl)c(C(=O)OC)c3)C2=O)ccc1Oc1ccc([N+](=O)[O-])cc1[N+](=O)[O-]. The van der Waals surface area contributed by atoms with Crippen molar-refractivity contribution in [1.29, 1.82) is 0 Å². The molecule has 0 bridgehead atoms. The quantitative estimate of drug-likeness (QED) is 0.113. The zero-order chi connectivity index (χ0) is 32.8. The van der Waals surface area contributed by atoms with Crippen molar-refractivity contribution in [2.45, 2.75) is 6.92 Å². The summed E-state index contributed by atoms with van der Waals surface area (Å²) in [6.45, 7) is 1.24. The van der Waals surface area contributed by atoms with Crippen LogP contribution in [0, 0.1) is 20.2 Å². The fraction of sp³-hybridized carbons (Fsp3) is 0.143. The molecule has 0 saturated carbocycles. The van der Waals surface area contributed by atoms with Gasteiger partial charge in [-0.2, -0.15) is 0 Å². The molecule has 0 spiro atoms. The molecular weight excluding hydrogens is 636 g/mol. The van der Waals surface area contributed by atoms with Gasteiger partial charge in [-0.05, 0) is 66.7 Å². The molecule has 1 aliphatic heterocycles. The summed E-state index contributed by atoms with van der Waals surface area (Å²) in [6, 6.07) is 11.4. The minimum atomic E-state index is -0.817. The van der Waals surface area contributed by atoms with Crippen molar-refractivity contribution >= 4 is 69.5 Å². The van der Waals surface area contributed by atoms with Crippen molar-refractivity contribution in [3.63, 3.8) is 0 Å². The van der Waals surface area contributed by atoms with E-state index in [2.05, 4.69) is 10.1 Å². The Balaban J connectivity index is 1.51. The lowest BCUT2D eigenvalue weighted by atomic mass is 10.1. The number of amides is 3. The molecule has 3 aromatic carbocycles. The maximum atomic E-state index is 13.0. The monoisotopic (exact) mass is 656 g/mol. The molecular formula is C28H21ClN4O11S. The number of nitrogens with one attached hydrogen (secondary N) is 1. The molecule has 1 saturated heterocycles. The Kier molecular flexibility index (Phi) is 10.00. The van der Waals surface area contributed by atoms with E-state index in [0.29, 0.717) is 17.3 Å². The van der Waals surface area contributed by atoms with Crippen molar-refractivity contribution in [1.82, 2.24) is 4.90 Å². The van der Waals surface area contributed by atoms with Crippen LogP contribution >= 0.6 is 23.4 Å². The third-order valence-corrected chi connectivity index (χ3v) is 7.20. The molecule has 1 fully saturated rings. The third kappa shape index (κ3) is 7.54.